The lowest BCUT2D eigenvalue weighted by Gasteiger charge is -2.29. The summed E-state index contributed by atoms with van der Waals surface area (Å²) in [4.78, 5) is 0. The molecule has 0 nitrogen and oxygen atoms in total. The molecule has 0 saturated heterocycles. The zero-order chi connectivity index (χ0) is 16.8. The Kier molecular flexibility index (Phi) is 6.12. The standard InChI is InChI=1S/C24H32/c1-3-4-5-6-20-9-13-22(14-10-20)24-17-15-23(16-18-24)21-11-7-19(2)8-12-21/h7-14,23-24H,3-6,15-18H2,1-2H3. The van der Waals surface area contributed by atoms with Gasteiger partial charge in [-0.2, -0.15) is 0 Å². The van der Waals surface area contributed by atoms with Crippen LogP contribution >= 0.6 is 0 Å². The second-order valence-electron chi connectivity index (χ2n) is 7.66. The van der Waals surface area contributed by atoms with Crippen LogP contribution in [-0.2, 0) is 6.42 Å². The van der Waals surface area contributed by atoms with Crippen LogP contribution in [0.25, 0.3) is 0 Å². The van der Waals surface area contributed by atoms with E-state index in [0.29, 0.717) is 0 Å². The summed E-state index contributed by atoms with van der Waals surface area (Å²) in [5.41, 5.74) is 5.99. The van der Waals surface area contributed by atoms with E-state index in [1.165, 1.54) is 62.5 Å². The molecule has 0 radical (unpaired) electrons. The number of unbranched alkanes of at least 4 members (excludes halogenated alkanes) is 2. The Bertz CT molecular complexity index is 597. The molecule has 0 bridgehead atoms. The van der Waals surface area contributed by atoms with Crippen LogP contribution in [0.15, 0.2) is 48.5 Å². The molecule has 0 unspecified atom stereocenters. The van der Waals surface area contributed by atoms with Gasteiger partial charge in [0.1, 0.15) is 0 Å². The van der Waals surface area contributed by atoms with Crippen molar-refractivity contribution in [3.05, 3.63) is 70.8 Å². The Morgan fingerprint density at radius 1 is 0.708 bits per heavy atom. The molecule has 0 atom stereocenters. The van der Waals surface area contributed by atoms with Crippen LogP contribution in [0.1, 0.15) is 86.0 Å². The molecule has 0 N–H and O–H groups in total. The van der Waals surface area contributed by atoms with E-state index in [1.807, 2.05) is 0 Å². The van der Waals surface area contributed by atoms with E-state index >= 15 is 0 Å². The fourth-order valence-corrected chi connectivity index (χ4v) is 4.13. The van der Waals surface area contributed by atoms with Crippen molar-refractivity contribution in [2.45, 2.75) is 77.0 Å². The SMILES string of the molecule is CCCCCc1ccc(C2CCC(c3ccc(C)cc3)CC2)cc1. The predicted molar refractivity (Wildman–Crippen MR) is 105 cm³/mol. The van der Waals surface area contributed by atoms with Crippen molar-refractivity contribution in [1.29, 1.82) is 0 Å². The van der Waals surface area contributed by atoms with Crippen LogP contribution in [-0.4, -0.2) is 0 Å². The van der Waals surface area contributed by atoms with E-state index in [1.54, 1.807) is 11.1 Å². The third-order valence-electron chi connectivity index (χ3n) is 5.80. The Morgan fingerprint density at radius 3 is 1.71 bits per heavy atom. The van der Waals surface area contributed by atoms with Crippen molar-refractivity contribution in [3.8, 4) is 0 Å². The topological polar surface area (TPSA) is 0 Å². The summed E-state index contributed by atoms with van der Waals surface area (Å²) in [5, 5.41) is 0. The van der Waals surface area contributed by atoms with Crippen molar-refractivity contribution in [1.82, 2.24) is 0 Å². The molecule has 0 heteroatoms. The van der Waals surface area contributed by atoms with Gasteiger partial charge in [0.2, 0.25) is 0 Å². The second-order valence-corrected chi connectivity index (χ2v) is 7.66. The maximum absolute atomic E-state index is 2.40. The van der Waals surface area contributed by atoms with Gasteiger partial charge in [0, 0.05) is 0 Å². The van der Waals surface area contributed by atoms with Crippen LogP contribution in [0.2, 0.25) is 0 Å². The van der Waals surface area contributed by atoms with Crippen molar-refractivity contribution < 1.29 is 0 Å². The highest BCUT2D eigenvalue weighted by Gasteiger charge is 2.23. The Balaban J connectivity index is 1.53. The molecule has 128 valence electrons. The average Bonchev–Trinajstić information content (AvgIpc) is 2.63. The van der Waals surface area contributed by atoms with Crippen LogP contribution < -0.4 is 0 Å². The lowest BCUT2D eigenvalue weighted by atomic mass is 9.76. The number of benzene rings is 2. The zero-order valence-electron chi connectivity index (χ0n) is 15.4. The van der Waals surface area contributed by atoms with Gasteiger partial charge in [-0.3, -0.25) is 0 Å². The molecular weight excluding hydrogens is 288 g/mol. The van der Waals surface area contributed by atoms with E-state index in [4.69, 9.17) is 0 Å². The number of hydrogen-bond acceptors (Lipinski definition) is 0. The van der Waals surface area contributed by atoms with E-state index in [0.717, 1.165) is 11.8 Å². The maximum atomic E-state index is 2.40. The van der Waals surface area contributed by atoms with Crippen LogP contribution in [0.4, 0.5) is 0 Å². The highest BCUT2D eigenvalue weighted by atomic mass is 14.3. The third-order valence-corrected chi connectivity index (χ3v) is 5.80. The van der Waals surface area contributed by atoms with Crippen molar-refractivity contribution in [2.24, 2.45) is 0 Å². The summed E-state index contributed by atoms with van der Waals surface area (Å²) in [5.74, 6) is 1.55. The minimum Gasteiger partial charge on any atom is -0.0654 e. The van der Waals surface area contributed by atoms with Gasteiger partial charge >= 0.3 is 0 Å². The minimum absolute atomic E-state index is 0.773. The largest absolute Gasteiger partial charge is 0.0654 e. The van der Waals surface area contributed by atoms with Crippen molar-refractivity contribution >= 4 is 0 Å². The Morgan fingerprint density at radius 2 is 1.21 bits per heavy atom. The molecule has 24 heavy (non-hydrogen) atoms. The first-order valence-corrected chi connectivity index (χ1v) is 9.91. The van der Waals surface area contributed by atoms with Crippen LogP contribution in [0.5, 0.6) is 0 Å². The lowest BCUT2D eigenvalue weighted by molar-refractivity contribution is 0.396. The van der Waals surface area contributed by atoms with Crippen LogP contribution in [0, 0.1) is 6.92 Å². The molecular formula is C24H32. The maximum Gasteiger partial charge on any atom is -0.0162 e. The van der Waals surface area contributed by atoms with E-state index in [2.05, 4.69) is 62.4 Å². The van der Waals surface area contributed by atoms with Gasteiger partial charge in [0.25, 0.3) is 0 Å². The molecule has 0 heterocycles. The molecule has 0 amide bonds. The zero-order valence-corrected chi connectivity index (χ0v) is 15.4. The third kappa shape index (κ3) is 4.50. The molecule has 1 aliphatic carbocycles. The molecule has 1 fully saturated rings. The molecule has 2 aromatic carbocycles. The highest BCUT2D eigenvalue weighted by molar-refractivity contribution is 5.28. The second kappa shape index (κ2) is 8.51. The van der Waals surface area contributed by atoms with E-state index in [9.17, 15) is 0 Å². The first kappa shape index (κ1) is 17.3. The van der Waals surface area contributed by atoms with Gasteiger partial charge in [0.05, 0.1) is 0 Å². The summed E-state index contributed by atoms with van der Waals surface area (Å²) < 4.78 is 0. The fraction of sp³-hybridized carbons (Fsp3) is 0.500. The minimum atomic E-state index is 0.773. The van der Waals surface area contributed by atoms with E-state index < -0.39 is 0 Å². The van der Waals surface area contributed by atoms with Crippen LogP contribution in [0.3, 0.4) is 0 Å². The molecule has 1 aliphatic rings. The highest BCUT2D eigenvalue weighted by Crippen LogP contribution is 2.40. The van der Waals surface area contributed by atoms with Gasteiger partial charge in [-0.15, -0.1) is 0 Å². The van der Waals surface area contributed by atoms with Gasteiger partial charge in [-0.1, -0.05) is 73.9 Å². The van der Waals surface area contributed by atoms with Crippen molar-refractivity contribution in [3.63, 3.8) is 0 Å². The Labute approximate surface area is 148 Å². The summed E-state index contributed by atoms with van der Waals surface area (Å²) in [6.45, 7) is 4.45. The van der Waals surface area contributed by atoms with Gasteiger partial charge in [-0.05, 0) is 74.0 Å². The van der Waals surface area contributed by atoms with Gasteiger partial charge in [-0.25, -0.2) is 0 Å². The summed E-state index contributed by atoms with van der Waals surface area (Å²) in [7, 11) is 0. The Hall–Kier alpha value is -1.56. The van der Waals surface area contributed by atoms with E-state index in [-0.39, 0.29) is 0 Å². The average molecular weight is 321 g/mol. The van der Waals surface area contributed by atoms with Gasteiger partial charge in [0.15, 0.2) is 0 Å². The summed E-state index contributed by atoms with van der Waals surface area (Å²) in [6, 6.07) is 18.7. The summed E-state index contributed by atoms with van der Waals surface area (Å²) in [6.07, 6.45) is 10.6. The monoisotopic (exact) mass is 320 g/mol. The molecule has 0 spiro atoms. The normalized spacial score (nSPS) is 20.9. The number of aryl methyl sites for hydroxylation is 2. The quantitative estimate of drug-likeness (QED) is 0.495. The lowest BCUT2D eigenvalue weighted by Crippen LogP contribution is -2.12. The molecule has 3 rings (SSSR count). The smallest absolute Gasteiger partial charge is 0.0162 e. The molecule has 0 aliphatic heterocycles. The molecule has 2 aromatic rings. The predicted octanol–water partition coefficient (Wildman–Crippen LogP) is 7.17. The molecule has 0 aromatic heterocycles. The summed E-state index contributed by atoms with van der Waals surface area (Å²) >= 11 is 0. The fourth-order valence-electron chi connectivity index (χ4n) is 4.13. The number of rotatable bonds is 6. The first-order valence-electron chi connectivity index (χ1n) is 9.91. The number of hydrogen-bond donors (Lipinski definition) is 0. The van der Waals surface area contributed by atoms with Gasteiger partial charge < -0.3 is 0 Å². The molecule has 1 saturated carbocycles. The first-order chi connectivity index (χ1) is 11.8. The van der Waals surface area contributed by atoms with Crippen molar-refractivity contribution in [2.75, 3.05) is 0 Å².